The van der Waals surface area contributed by atoms with Crippen LogP contribution in [0.2, 0.25) is 0 Å². The van der Waals surface area contributed by atoms with Gasteiger partial charge in [0.1, 0.15) is 11.9 Å². The van der Waals surface area contributed by atoms with Gasteiger partial charge in [-0.2, -0.15) is 9.57 Å². The summed E-state index contributed by atoms with van der Waals surface area (Å²) in [6, 6.07) is 16.9. The summed E-state index contributed by atoms with van der Waals surface area (Å²) in [5, 5.41) is 23.7. The molecule has 11 heteroatoms. The number of aliphatic hydroxyl groups is 1. The molecule has 1 aliphatic carbocycles. The second-order valence-electron chi connectivity index (χ2n) is 11.2. The molecule has 1 heterocycles. The number of aliphatic hydroxyl groups excluding tert-OH is 1. The number of nitrogens with zero attached hydrogens (tertiary/aromatic N) is 2. The first-order valence-corrected chi connectivity index (χ1v) is 16.0. The lowest BCUT2D eigenvalue weighted by atomic mass is 9.81. The molecule has 4 rings (SSSR count). The molecule has 0 bridgehead atoms. The second-order valence-corrected chi connectivity index (χ2v) is 13.2. The van der Waals surface area contributed by atoms with E-state index in [2.05, 4.69) is 11.4 Å². The SMILES string of the molecule is COc1ccc(S(=O)(=O)N(CC(O)[C@H](Cc2ccccc2)NC(=O)OC2CCOC2)CC2(CCC#N)CCCC2)cc1. The number of sulfonamides is 1. The van der Waals surface area contributed by atoms with Gasteiger partial charge in [0.15, 0.2) is 0 Å². The standard InChI is InChI=1S/C31H41N3O7S/c1-39-25-10-12-27(13-11-25)42(37,38)34(23-31(17-7-18-32)15-5-6-16-31)21-29(35)28(20-24-8-3-2-4-9-24)33-30(36)41-26-14-19-40-22-26/h2-4,8-13,26,28-29,35H,5-7,14-17,19-23H2,1H3,(H,33,36)/t26?,28-,29?/m0/s1. The Bertz CT molecular complexity index is 1290. The molecule has 2 aliphatic rings. The van der Waals surface area contributed by atoms with Crippen molar-refractivity contribution in [2.75, 3.05) is 33.4 Å². The van der Waals surface area contributed by atoms with Gasteiger partial charge in [-0.25, -0.2) is 13.2 Å². The van der Waals surface area contributed by atoms with Crippen LogP contribution < -0.4 is 10.1 Å². The van der Waals surface area contributed by atoms with Crippen LogP contribution in [0.3, 0.4) is 0 Å². The number of nitrogens with one attached hydrogen (secondary N) is 1. The number of ether oxygens (including phenoxy) is 3. The van der Waals surface area contributed by atoms with Crippen molar-refractivity contribution < 1.29 is 32.5 Å². The van der Waals surface area contributed by atoms with Crippen LogP contribution >= 0.6 is 0 Å². The second kappa shape index (κ2) is 14.8. The van der Waals surface area contributed by atoms with Gasteiger partial charge in [0, 0.05) is 25.9 Å². The number of hydrogen-bond donors (Lipinski definition) is 2. The minimum Gasteiger partial charge on any atom is -0.497 e. The van der Waals surface area contributed by atoms with Crippen LogP contribution in [0, 0.1) is 16.7 Å². The zero-order valence-corrected chi connectivity index (χ0v) is 24.9. The molecule has 2 aromatic carbocycles. The van der Waals surface area contributed by atoms with Gasteiger partial charge in [0.05, 0.1) is 43.4 Å². The van der Waals surface area contributed by atoms with E-state index in [0.29, 0.717) is 38.2 Å². The van der Waals surface area contributed by atoms with E-state index in [1.165, 1.54) is 23.5 Å². The summed E-state index contributed by atoms with van der Waals surface area (Å²) in [5.41, 5.74) is 0.510. The third kappa shape index (κ3) is 8.44. The van der Waals surface area contributed by atoms with Crippen molar-refractivity contribution in [3.8, 4) is 11.8 Å². The van der Waals surface area contributed by atoms with Gasteiger partial charge in [-0.15, -0.1) is 0 Å². The number of carbonyl (C=O) groups excluding carboxylic acids is 1. The van der Waals surface area contributed by atoms with Crippen LogP contribution in [0.4, 0.5) is 4.79 Å². The van der Waals surface area contributed by atoms with E-state index in [0.717, 1.165) is 31.2 Å². The zero-order chi connectivity index (χ0) is 30.0. The lowest BCUT2D eigenvalue weighted by Gasteiger charge is -2.36. The molecule has 1 aliphatic heterocycles. The third-order valence-electron chi connectivity index (χ3n) is 8.26. The summed E-state index contributed by atoms with van der Waals surface area (Å²) in [5.74, 6) is 0.528. The molecular formula is C31H41N3O7S. The fourth-order valence-electron chi connectivity index (χ4n) is 5.88. The van der Waals surface area contributed by atoms with Crippen molar-refractivity contribution in [3.63, 3.8) is 0 Å². The Balaban J connectivity index is 1.61. The molecule has 2 unspecified atom stereocenters. The van der Waals surface area contributed by atoms with E-state index in [4.69, 9.17) is 14.2 Å². The third-order valence-corrected chi connectivity index (χ3v) is 10.1. The Kier molecular flexibility index (Phi) is 11.2. The number of benzene rings is 2. The van der Waals surface area contributed by atoms with E-state index in [9.17, 15) is 23.6 Å². The number of amides is 1. The molecule has 0 spiro atoms. The predicted octanol–water partition coefficient (Wildman–Crippen LogP) is 4.04. The topological polar surface area (TPSA) is 138 Å². The van der Waals surface area contributed by atoms with E-state index < -0.39 is 28.3 Å². The molecule has 10 nitrogen and oxygen atoms in total. The summed E-state index contributed by atoms with van der Waals surface area (Å²) in [6.45, 7) is 0.757. The van der Waals surface area contributed by atoms with Gasteiger partial charge in [-0.1, -0.05) is 43.2 Å². The minimum absolute atomic E-state index is 0.0807. The van der Waals surface area contributed by atoms with Gasteiger partial charge in [0.2, 0.25) is 10.0 Å². The number of carbonyl (C=O) groups is 1. The fraction of sp³-hybridized carbons (Fsp3) is 0.548. The molecule has 2 N–H and O–H groups in total. The lowest BCUT2D eigenvalue weighted by Crippen LogP contribution is -2.52. The molecular weight excluding hydrogens is 558 g/mol. The molecule has 2 fully saturated rings. The monoisotopic (exact) mass is 599 g/mol. The van der Waals surface area contributed by atoms with E-state index >= 15 is 0 Å². The predicted molar refractivity (Wildman–Crippen MR) is 156 cm³/mol. The molecule has 3 atom stereocenters. The highest BCUT2D eigenvalue weighted by atomic mass is 32.2. The molecule has 1 amide bonds. The number of methoxy groups -OCH3 is 1. The van der Waals surface area contributed by atoms with Crippen LogP contribution in [0.25, 0.3) is 0 Å². The maximum atomic E-state index is 14.1. The van der Waals surface area contributed by atoms with E-state index in [1.54, 1.807) is 12.1 Å². The molecule has 1 saturated heterocycles. The molecule has 2 aromatic rings. The number of nitriles is 1. The average Bonchev–Trinajstić information content (AvgIpc) is 3.68. The van der Waals surface area contributed by atoms with Gasteiger partial charge in [-0.05, 0) is 60.9 Å². The van der Waals surface area contributed by atoms with Gasteiger partial charge in [-0.3, -0.25) is 0 Å². The van der Waals surface area contributed by atoms with Gasteiger partial charge < -0.3 is 24.6 Å². The molecule has 42 heavy (non-hydrogen) atoms. The van der Waals surface area contributed by atoms with Crippen molar-refractivity contribution in [1.82, 2.24) is 9.62 Å². The first-order valence-electron chi connectivity index (χ1n) is 14.5. The van der Waals surface area contributed by atoms with Crippen molar-refractivity contribution in [1.29, 1.82) is 5.26 Å². The van der Waals surface area contributed by atoms with Crippen LogP contribution in [0.1, 0.15) is 50.5 Å². The van der Waals surface area contributed by atoms with Crippen molar-refractivity contribution in [2.45, 2.75) is 74.5 Å². The summed E-state index contributed by atoms with van der Waals surface area (Å²) in [6.07, 6.45) is 3.00. The first-order chi connectivity index (χ1) is 20.2. The Labute approximate surface area is 248 Å². The minimum atomic E-state index is -4.05. The summed E-state index contributed by atoms with van der Waals surface area (Å²) in [7, 11) is -2.54. The fourth-order valence-corrected chi connectivity index (χ4v) is 7.45. The molecule has 228 valence electrons. The molecule has 0 aromatic heterocycles. The number of hydrogen-bond acceptors (Lipinski definition) is 8. The maximum absolute atomic E-state index is 14.1. The Morgan fingerprint density at radius 3 is 2.52 bits per heavy atom. The number of alkyl carbamates (subject to hydrolysis) is 1. The average molecular weight is 600 g/mol. The highest BCUT2D eigenvalue weighted by Crippen LogP contribution is 2.43. The highest BCUT2D eigenvalue weighted by molar-refractivity contribution is 7.89. The first kappa shape index (κ1) is 31.8. The van der Waals surface area contributed by atoms with E-state index in [1.807, 2.05) is 30.3 Å². The van der Waals surface area contributed by atoms with Gasteiger partial charge in [0.25, 0.3) is 0 Å². The molecule has 1 saturated carbocycles. The highest BCUT2D eigenvalue weighted by Gasteiger charge is 2.40. The van der Waals surface area contributed by atoms with Crippen molar-refractivity contribution in [3.05, 3.63) is 60.2 Å². The largest absolute Gasteiger partial charge is 0.497 e. The Morgan fingerprint density at radius 2 is 1.90 bits per heavy atom. The zero-order valence-electron chi connectivity index (χ0n) is 24.1. The van der Waals surface area contributed by atoms with Crippen LogP contribution in [0.15, 0.2) is 59.5 Å². The van der Waals surface area contributed by atoms with Crippen LogP contribution in [-0.2, 0) is 25.9 Å². The smallest absolute Gasteiger partial charge is 0.407 e. The van der Waals surface area contributed by atoms with Crippen molar-refractivity contribution >= 4 is 16.1 Å². The van der Waals surface area contributed by atoms with E-state index in [-0.39, 0.29) is 35.9 Å². The maximum Gasteiger partial charge on any atom is 0.407 e. The summed E-state index contributed by atoms with van der Waals surface area (Å²) >= 11 is 0. The summed E-state index contributed by atoms with van der Waals surface area (Å²) < 4.78 is 45.5. The van der Waals surface area contributed by atoms with Crippen LogP contribution in [-0.4, -0.2) is 75.6 Å². The van der Waals surface area contributed by atoms with Gasteiger partial charge >= 0.3 is 6.09 Å². The quantitative estimate of drug-likeness (QED) is 0.332. The lowest BCUT2D eigenvalue weighted by molar-refractivity contribution is 0.0614. The normalized spacial score (nSPS) is 19.6. The number of rotatable bonds is 14. The summed E-state index contributed by atoms with van der Waals surface area (Å²) in [4.78, 5) is 12.9. The molecule has 0 radical (unpaired) electrons. The Hall–Kier alpha value is -3.17. The van der Waals surface area contributed by atoms with Crippen LogP contribution in [0.5, 0.6) is 5.75 Å². The Morgan fingerprint density at radius 1 is 1.19 bits per heavy atom. The van der Waals surface area contributed by atoms with Crippen molar-refractivity contribution in [2.24, 2.45) is 5.41 Å².